The number of anilines is 1. The quantitative estimate of drug-likeness (QED) is 0.580. The van der Waals surface area contributed by atoms with Crippen molar-refractivity contribution in [2.75, 3.05) is 25.6 Å². The van der Waals surface area contributed by atoms with E-state index in [-0.39, 0.29) is 17.9 Å². The van der Waals surface area contributed by atoms with Crippen molar-refractivity contribution in [1.29, 1.82) is 0 Å². The summed E-state index contributed by atoms with van der Waals surface area (Å²) in [5.74, 6) is 0.548. The van der Waals surface area contributed by atoms with Crippen LogP contribution >= 0.6 is 11.6 Å². The number of ether oxygens (including phenoxy) is 2. The first-order chi connectivity index (χ1) is 15.4. The van der Waals surface area contributed by atoms with E-state index < -0.39 is 0 Å². The Kier molecular flexibility index (Phi) is 6.32. The van der Waals surface area contributed by atoms with E-state index in [4.69, 9.17) is 21.1 Å². The van der Waals surface area contributed by atoms with Crippen LogP contribution in [0.2, 0.25) is 5.02 Å². The lowest BCUT2D eigenvalue weighted by Crippen LogP contribution is -2.30. The van der Waals surface area contributed by atoms with Gasteiger partial charge in [0.25, 0.3) is 11.8 Å². The molecule has 1 unspecified atom stereocenters. The molecule has 1 N–H and O–H groups in total. The molecule has 32 heavy (non-hydrogen) atoms. The van der Waals surface area contributed by atoms with Crippen molar-refractivity contribution in [3.05, 3.63) is 88.4 Å². The van der Waals surface area contributed by atoms with Crippen LogP contribution in [0.15, 0.2) is 66.7 Å². The molecule has 3 aromatic rings. The van der Waals surface area contributed by atoms with Crippen molar-refractivity contribution >= 4 is 29.1 Å². The highest BCUT2D eigenvalue weighted by Gasteiger charge is 2.24. The summed E-state index contributed by atoms with van der Waals surface area (Å²) in [6.45, 7) is 2.76. The van der Waals surface area contributed by atoms with Crippen LogP contribution in [-0.2, 0) is 0 Å². The van der Waals surface area contributed by atoms with Crippen molar-refractivity contribution in [3.8, 4) is 11.5 Å². The molecule has 164 valence electrons. The molecule has 1 aliphatic rings. The fraction of sp³-hybridized carbons (Fsp3) is 0.200. The Morgan fingerprint density at radius 2 is 1.72 bits per heavy atom. The molecule has 4 rings (SSSR count). The number of halogens is 1. The first-order valence-electron chi connectivity index (χ1n) is 10.3. The summed E-state index contributed by atoms with van der Waals surface area (Å²) in [7, 11) is 1.73. The lowest BCUT2D eigenvalue weighted by atomic mass is 10.0. The predicted molar refractivity (Wildman–Crippen MR) is 124 cm³/mol. The third-order valence-corrected chi connectivity index (χ3v) is 5.69. The molecule has 0 aromatic heterocycles. The molecule has 3 aromatic carbocycles. The fourth-order valence-electron chi connectivity index (χ4n) is 3.51. The Labute approximate surface area is 191 Å². The van der Waals surface area contributed by atoms with Crippen LogP contribution in [0.25, 0.3) is 0 Å². The Hall–Kier alpha value is -3.51. The standard InChI is InChI=1S/C25H23ClN2O4/c1-16(18-9-6-10-20(13-18)27-24(29)17-7-4-3-5-8-17)28(2)25(30)19-14-21(26)23-22(15-19)31-11-12-32-23/h3-10,13-16H,11-12H2,1-2H3,(H,27,29). The molecule has 6 nitrogen and oxygen atoms in total. The minimum absolute atomic E-state index is 0.189. The second-order valence-corrected chi connectivity index (χ2v) is 7.93. The Bertz CT molecular complexity index is 1150. The number of hydrogen-bond acceptors (Lipinski definition) is 4. The third kappa shape index (κ3) is 4.55. The summed E-state index contributed by atoms with van der Waals surface area (Å²) in [6.07, 6.45) is 0. The van der Waals surface area contributed by atoms with E-state index >= 15 is 0 Å². The number of fused-ring (bicyclic) bond motifs is 1. The Balaban J connectivity index is 1.51. The minimum Gasteiger partial charge on any atom is -0.486 e. The highest BCUT2D eigenvalue weighted by Crippen LogP contribution is 2.39. The van der Waals surface area contributed by atoms with Gasteiger partial charge >= 0.3 is 0 Å². The van der Waals surface area contributed by atoms with E-state index in [1.54, 1.807) is 36.2 Å². The molecular weight excluding hydrogens is 428 g/mol. The molecular formula is C25H23ClN2O4. The van der Waals surface area contributed by atoms with Crippen molar-refractivity contribution in [2.45, 2.75) is 13.0 Å². The summed E-state index contributed by atoms with van der Waals surface area (Å²) in [4.78, 5) is 27.2. The topological polar surface area (TPSA) is 67.9 Å². The summed E-state index contributed by atoms with van der Waals surface area (Å²) in [6, 6.07) is 19.5. The van der Waals surface area contributed by atoms with Crippen molar-refractivity contribution in [3.63, 3.8) is 0 Å². The van der Waals surface area contributed by atoms with Crippen LogP contribution in [-0.4, -0.2) is 37.0 Å². The summed E-state index contributed by atoms with van der Waals surface area (Å²) >= 11 is 6.30. The summed E-state index contributed by atoms with van der Waals surface area (Å²) in [5, 5.41) is 3.25. The molecule has 0 radical (unpaired) electrons. The third-order valence-electron chi connectivity index (χ3n) is 5.41. The zero-order valence-electron chi connectivity index (χ0n) is 17.8. The Morgan fingerprint density at radius 1 is 0.969 bits per heavy atom. The molecule has 2 amide bonds. The lowest BCUT2D eigenvalue weighted by Gasteiger charge is -2.27. The summed E-state index contributed by atoms with van der Waals surface area (Å²) < 4.78 is 11.1. The largest absolute Gasteiger partial charge is 0.486 e. The highest BCUT2D eigenvalue weighted by atomic mass is 35.5. The number of hydrogen-bond donors (Lipinski definition) is 1. The fourth-order valence-corrected chi connectivity index (χ4v) is 3.77. The van der Waals surface area contributed by atoms with Gasteiger partial charge in [0.05, 0.1) is 11.1 Å². The summed E-state index contributed by atoms with van der Waals surface area (Å²) in [5.41, 5.74) is 2.54. The van der Waals surface area contributed by atoms with Crippen molar-refractivity contribution in [2.24, 2.45) is 0 Å². The molecule has 0 saturated carbocycles. The van der Waals surface area contributed by atoms with Gasteiger partial charge in [0.15, 0.2) is 11.5 Å². The van der Waals surface area contributed by atoms with Gasteiger partial charge in [-0.15, -0.1) is 0 Å². The molecule has 0 bridgehead atoms. The van der Waals surface area contributed by atoms with Crippen molar-refractivity contribution in [1.82, 2.24) is 4.90 Å². The van der Waals surface area contributed by atoms with Crippen LogP contribution in [0.3, 0.4) is 0 Å². The van der Waals surface area contributed by atoms with Crippen LogP contribution in [0.1, 0.15) is 39.2 Å². The molecule has 0 aliphatic carbocycles. The van der Waals surface area contributed by atoms with Crippen LogP contribution in [0, 0.1) is 0 Å². The normalized spacial score (nSPS) is 13.2. The molecule has 0 fully saturated rings. The number of rotatable bonds is 5. The van der Waals surface area contributed by atoms with Gasteiger partial charge in [-0.25, -0.2) is 0 Å². The first kappa shape index (κ1) is 21.7. The molecule has 1 atom stereocenters. The molecule has 1 aliphatic heterocycles. The minimum atomic E-state index is -0.247. The van der Waals surface area contributed by atoms with E-state index in [9.17, 15) is 9.59 Å². The molecule has 1 heterocycles. The van der Waals surface area contributed by atoms with E-state index in [2.05, 4.69) is 5.32 Å². The lowest BCUT2D eigenvalue weighted by molar-refractivity contribution is 0.0741. The van der Waals surface area contributed by atoms with Gasteiger partial charge in [-0.2, -0.15) is 0 Å². The number of nitrogens with one attached hydrogen (secondary N) is 1. The maximum atomic E-state index is 13.1. The van der Waals surface area contributed by atoms with E-state index in [1.807, 2.05) is 49.4 Å². The van der Waals surface area contributed by atoms with Gasteiger partial charge in [0, 0.05) is 23.9 Å². The number of nitrogens with zero attached hydrogens (tertiary/aromatic N) is 1. The van der Waals surface area contributed by atoms with Crippen molar-refractivity contribution < 1.29 is 19.1 Å². The smallest absolute Gasteiger partial charge is 0.255 e. The number of amides is 2. The zero-order valence-corrected chi connectivity index (χ0v) is 18.6. The van der Waals surface area contributed by atoms with Crippen LogP contribution < -0.4 is 14.8 Å². The zero-order chi connectivity index (χ0) is 22.7. The first-order valence-corrected chi connectivity index (χ1v) is 10.6. The molecule has 0 spiro atoms. The molecule has 0 saturated heterocycles. The second-order valence-electron chi connectivity index (χ2n) is 7.52. The number of carbonyl (C=O) groups excluding carboxylic acids is 2. The number of benzene rings is 3. The highest BCUT2D eigenvalue weighted by molar-refractivity contribution is 6.32. The number of carbonyl (C=O) groups is 2. The predicted octanol–water partition coefficient (Wildman–Crippen LogP) is 5.20. The monoisotopic (exact) mass is 450 g/mol. The van der Waals surface area contributed by atoms with Crippen LogP contribution in [0.5, 0.6) is 11.5 Å². The SMILES string of the molecule is CC(c1cccc(NC(=O)c2ccccc2)c1)N(C)C(=O)c1cc(Cl)c2c(c1)OCCO2. The molecule has 7 heteroatoms. The average Bonchev–Trinajstić information content (AvgIpc) is 2.83. The van der Waals surface area contributed by atoms with Gasteiger partial charge in [-0.05, 0) is 48.9 Å². The average molecular weight is 451 g/mol. The van der Waals surface area contributed by atoms with Gasteiger partial charge < -0.3 is 19.7 Å². The van der Waals surface area contributed by atoms with Gasteiger partial charge in [0.2, 0.25) is 0 Å². The maximum Gasteiger partial charge on any atom is 0.255 e. The van der Waals surface area contributed by atoms with Gasteiger partial charge in [0.1, 0.15) is 13.2 Å². The van der Waals surface area contributed by atoms with Gasteiger partial charge in [-0.1, -0.05) is 41.9 Å². The van der Waals surface area contributed by atoms with E-state index in [0.717, 1.165) is 5.56 Å². The maximum absolute atomic E-state index is 13.1. The second kappa shape index (κ2) is 9.32. The Morgan fingerprint density at radius 3 is 2.50 bits per heavy atom. The van der Waals surface area contributed by atoms with Gasteiger partial charge in [-0.3, -0.25) is 9.59 Å². The van der Waals surface area contributed by atoms with E-state index in [0.29, 0.717) is 46.5 Å². The van der Waals surface area contributed by atoms with Crippen LogP contribution in [0.4, 0.5) is 5.69 Å². The van der Waals surface area contributed by atoms with E-state index in [1.165, 1.54) is 0 Å².